The van der Waals surface area contributed by atoms with E-state index in [9.17, 15) is 13.0 Å². The lowest BCUT2D eigenvalue weighted by atomic mass is 10.0. The average Bonchev–Trinajstić information content (AvgIpc) is 3.08. The van der Waals surface area contributed by atoms with E-state index in [0.717, 1.165) is 31.2 Å². The third kappa shape index (κ3) is 23.3. The molecule has 0 aliphatic carbocycles. The number of ether oxygens (including phenoxy) is 1. The molecule has 0 spiro atoms. The van der Waals surface area contributed by atoms with Gasteiger partial charge in [-0.25, -0.2) is 0 Å². The molecule has 1 N–H and O–H groups in total. The van der Waals surface area contributed by atoms with Gasteiger partial charge in [-0.15, -0.1) is 0 Å². The van der Waals surface area contributed by atoms with Gasteiger partial charge in [-0.05, 0) is 61.1 Å². The molecule has 2 aromatic carbocycles. The molecule has 0 saturated carbocycles. The number of benzene rings is 2. The molecule has 2 aromatic rings. The molecule has 0 atom stereocenters. The summed E-state index contributed by atoms with van der Waals surface area (Å²) in [6.45, 7) is 4.55. The largest absolute Gasteiger partial charge is 0.457 e. The van der Waals surface area contributed by atoms with Crippen molar-refractivity contribution in [2.75, 3.05) is 0 Å². The maximum Gasteiger partial charge on any atom is 0.294 e. The Kier molecular flexibility index (Phi) is 25.5. The van der Waals surface area contributed by atoms with Crippen LogP contribution in [0.25, 0.3) is 0 Å². The van der Waals surface area contributed by atoms with Gasteiger partial charge in [-0.1, -0.05) is 193 Å². The van der Waals surface area contributed by atoms with Crippen molar-refractivity contribution in [3.8, 4) is 11.5 Å². The van der Waals surface area contributed by atoms with Gasteiger partial charge in [0.2, 0.25) is 0 Å². The standard InChI is InChI=1S/C44H74O4S/c1-3-5-7-9-11-13-15-17-19-21-23-25-27-29-32-40-34-31-35-42(36-40)48-43-37-41(38-44(39-43)49(45,46)47)33-30-28-26-24-22-20-18-16-14-12-10-8-6-4-2/h31,34-39H,3-30,32-33H2,1-2H3,(H,45,46,47). The van der Waals surface area contributed by atoms with E-state index in [4.69, 9.17) is 4.74 Å². The van der Waals surface area contributed by atoms with Crippen LogP contribution in [0.3, 0.4) is 0 Å². The van der Waals surface area contributed by atoms with Crippen molar-refractivity contribution in [1.82, 2.24) is 0 Å². The lowest BCUT2D eigenvalue weighted by Gasteiger charge is -2.11. The fourth-order valence-corrected chi connectivity index (χ4v) is 7.50. The van der Waals surface area contributed by atoms with E-state index in [2.05, 4.69) is 26.0 Å². The highest BCUT2D eigenvalue weighted by atomic mass is 32.2. The second kappa shape index (κ2) is 28.8. The molecule has 0 heterocycles. The van der Waals surface area contributed by atoms with E-state index in [1.807, 2.05) is 18.2 Å². The molecular weight excluding hydrogens is 625 g/mol. The smallest absolute Gasteiger partial charge is 0.294 e. The van der Waals surface area contributed by atoms with E-state index >= 15 is 0 Å². The summed E-state index contributed by atoms with van der Waals surface area (Å²) in [5, 5.41) is 0. The maximum atomic E-state index is 12.1. The van der Waals surface area contributed by atoms with Gasteiger partial charge in [-0.3, -0.25) is 4.55 Å². The molecule has 0 aliphatic rings. The van der Waals surface area contributed by atoms with Crippen LogP contribution in [0.1, 0.15) is 205 Å². The Hall–Kier alpha value is -1.85. The van der Waals surface area contributed by atoms with Crippen molar-refractivity contribution in [2.45, 2.75) is 211 Å². The van der Waals surface area contributed by atoms with Crippen molar-refractivity contribution < 1.29 is 17.7 Å². The van der Waals surface area contributed by atoms with Gasteiger partial charge in [-0.2, -0.15) is 8.42 Å². The molecule has 49 heavy (non-hydrogen) atoms. The first-order valence-electron chi connectivity index (χ1n) is 20.8. The van der Waals surface area contributed by atoms with Crippen LogP contribution in [-0.2, 0) is 23.0 Å². The summed E-state index contributed by atoms with van der Waals surface area (Å²) < 4.78 is 40.1. The van der Waals surface area contributed by atoms with Gasteiger partial charge in [0.15, 0.2) is 0 Å². The van der Waals surface area contributed by atoms with Gasteiger partial charge in [0.05, 0.1) is 4.90 Å². The minimum absolute atomic E-state index is 0.0936. The summed E-state index contributed by atoms with van der Waals surface area (Å²) in [4.78, 5) is -0.0936. The Balaban J connectivity index is 1.65. The van der Waals surface area contributed by atoms with Crippen LogP contribution < -0.4 is 4.74 Å². The Morgan fingerprint density at radius 2 is 0.816 bits per heavy atom. The van der Waals surface area contributed by atoms with Gasteiger partial charge >= 0.3 is 0 Å². The van der Waals surface area contributed by atoms with Crippen molar-refractivity contribution >= 4 is 10.1 Å². The third-order valence-electron chi connectivity index (χ3n) is 10.0. The van der Waals surface area contributed by atoms with E-state index in [1.165, 1.54) is 179 Å². The minimum Gasteiger partial charge on any atom is -0.457 e. The molecular formula is C44H74O4S. The minimum atomic E-state index is -4.32. The molecule has 0 unspecified atom stereocenters. The molecule has 0 saturated heterocycles. The lowest BCUT2D eigenvalue weighted by molar-refractivity contribution is 0.470. The SMILES string of the molecule is CCCCCCCCCCCCCCCCc1cccc(Oc2cc(CCCCCCCCCCCCCCCC)cc(S(=O)(=O)O)c2)c1. The summed E-state index contributed by atoms with van der Waals surface area (Å²) in [5.41, 5.74) is 2.13. The predicted octanol–water partition coefficient (Wildman–Crippen LogP) is 14.8. The number of hydrogen-bond acceptors (Lipinski definition) is 3. The number of hydrogen-bond donors (Lipinski definition) is 1. The van der Waals surface area contributed by atoms with E-state index in [1.54, 1.807) is 6.07 Å². The predicted molar refractivity (Wildman–Crippen MR) is 211 cm³/mol. The summed E-state index contributed by atoms with van der Waals surface area (Å²) in [6.07, 6.45) is 39.1. The molecule has 0 aliphatic heterocycles. The normalized spacial score (nSPS) is 11.7. The van der Waals surface area contributed by atoms with Gasteiger partial charge in [0.1, 0.15) is 11.5 Å². The van der Waals surface area contributed by atoms with Crippen LogP contribution in [0.15, 0.2) is 47.4 Å². The first-order valence-corrected chi connectivity index (χ1v) is 22.2. The number of aryl methyl sites for hydroxylation is 2. The molecule has 5 heteroatoms. The second-order valence-electron chi connectivity index (χ2n) is 14.7. The van der Waals surface area contributed by atoms with Crippen LogP contribution in [0, 0.1) is 0 Å². The Labute approximate surface area is 303 Å². The first-order chi connectivity index (χ1) is 23.9. The third-order valence-corrected chi connectivity index (χ3v) is 10.8. The van der Waals surface area contributed by atoms with Crippen molar-refractivity contribution in [3.63, 3.8) is 0 Å². The second-order valence-corrected chi connectivity index (χ2v) is 16.2. The van der Waals surface area contributed by atoms with Gasteiger partial charge < -0.3 is 4.74 Å². The summed E-state index contributed by atoms with van der Waals surface area (Å²) in [7, 11) is -4.32. The van der Waals surface area contributed by atoms with Crippen LogP contribution in [0.2, 0.25) is 0 Å². The van der Waals surface area contributed by atoms with Crippen LogP contribution in [-0.4, -0.2) is 13.0 Å². The maximum absolute atomic E-state index is 12.1. The van der Waals surface area contributed by atoms with Crippen molar-refractivity contribution in [1.29, 1.82) is 0 Å². The zero-order chi connectivity index (χ0) is 35.3. The Morgan fingerprint density at radius 1 is 0.449 bits per heavy atom. The molecule has 0 amide bonds. The zero-order valence-electron chi connectivity index (χ0n) is 31.8. The Bertz CT molecular complexity index is 1180. The number of unbranched alkanes of at least 4 members (excludes halogenated alkanes) is 26. The number of rotatable bonds is 33. The molecule has 280 valence electrons. The van der Waals surface area contributed by atoms with Crippen LogP contribution in [0.5, 0.6) is 11.5 Å². The highest BCUT2D eigenvalue weighted by Gasteiger charge is 2.14. The van der Waals surface area contributed by atoms with Crippen LogP contribution >= 0.6 is 0 Å². The van der Waals surface area contributed by atoms with Gasteiger partial charge in [0, 0.05) is 6.07 Å². The first kappa shape index (κ1) is 43.3. The topological polar surface area (TPSA) is 63.6 Å². The summed E-state index contributed by atoms with van der Waals surface area (Å²) >= 11 is 0. The zero-order valence-corrected chi connectivity index (χ0v) is 32.7. The molecule has 0 radical (unpaired) electrons. The van der Waals surface area contributed by atoms with E-state index < -0.39 is 10.1 Å². The lowest BCUT2D eigenvalue weighted by Crippen LogP contribution is -2.01. The van der Waals surface area contributed by atoms with E-state index in [0.29, 0.717) is 11.5 Å². The molecule has 0 bridgehead atoms. The molecule has 0 aromatic heterocycles. The summed E-state index contributed by atoms with van der Waals surface area (Å²) in [6, 6.07) is 13.1. The Morgan fingerprint density at radius 3 is 1.22 bits per heavy atom. The average molecular weight is 699 g/mol. The molecule has 4 nitrogen and oxygen atoms in total. The van der Waals surface area contributed by atoms with Crippen molar-refractivity contribution in [3.05, 3.63) is 53.6 Å². The van der Waals surface area contributed by atoms with E-state index in [-0.39, 0.29) is 4.90 Å². The monoisotopic (exact) mass is 699 g/mol. The van der Waals surface area contributed by atoms with Crippen LogP contribution in [0.4, 0.5) is 0 Å². The molecule has 0 fully saturated rings. The fraction of sp³-hybridized carbons (Fsp3) is 0.727. The van der Waals surface area contributed by atoms with Crippen molar-refractivity contribution in [2.24, 2.45) is 0 Å². The summed E-state index contributed by atoms with van der Waals surface area (Å²) in [5.74, 6) is 1.17. The molecule has 2 rings (SSSR count). The highest BCUT2D eigenvalue weighted by Crippen LogP contribution is 2.28. The fourth-order valence-electron chi connectivity index (χ4n) is 6.93. The van der Waals surface area contributed by atoms with Gasteiger partial charge in [0.25, 0.3) is 10.1 Å². The quantitative estimate of drug-likeness (QED) is 0.0595. The highest BCUT2D eigenvalue weighted by molar-refractivity contribution is 7.85.